The van der Waals surface area contributed by atoms with Crippen LogP contribution >= 0.6 is 0 Å². The normalized spacial score (nSPS) is 10.1. The summed E-state index contributed by atoms with van der Waals surface area (Å²) < 4.78 is 9.74. The fourth-order valence-electron chi connectivity index (χ4n) is 1.04. The monoisotopic (exact) mass is 243 g/mol. The summed E-state index contributed by atoms with van der Waals surface area (Å²) in [4.78, 5) is 24.0. The van der Waals surface area contributed by atoms with Gasteiger partial charge in [0.1, 0.15) is 6.61 Å². The Hall–Kier alpha value is -1.36. The second-order valence-electron chi connectivity index (χ2n) is 3.77. The van der Waals surface area contributed by atoms with Gasteiger partial charge < -0.3 is 14.4 Å². The van der Waals surface area contributed by atoms with Crippen molar-refractivity contribution in [3.63, 3.8) is 0 Å². The molecule has 0 aromatic carbocycles. The average Bonchev–Trinajstić information content (AvgIpc) is 2.26. The summed E-state index contributed by atoms with van der Waals surface area (Å²) in [5.41, 5.74) is 0.388. The van der Waals surface area contributed by atoms with Crippen LogP contribution in [-0.4, -0.2) is 50.2 Å². The van der Waals surface area contributed by atoms with Crippen molar-refractivity contribution < 1.29 is 19.1 Å². The van der Waals surface area contributed by atoms with Crippen LogP contribution in [0.3, 0.4) is 0 Å². The summed E-state index contributed by atoms with van der Waals surface area (Å²) in [6, 6.07) is 0. The number of esters is 2. The third-order valence-electron chi connectivity index (χ3n) is 2.06. The molecule has 98 valence electrons. The van der Waals surface area contributed by atoms with E-state index in [9.17, 15) is 9.59 Å². The molecule has 0 N–H and O–H groups in total. The second kappa shape index (κ2) is 8.75. The van der Waals surface area contributed by atoms with Crippen LogP contribution in [0.2, 0.25) is 0 Å². The minimum absolute atomic E-state index is 0.210. The Morgan fingerprint density at radius 3 is 2.41 bits per heavy atom. The molecule has 0 aliphatic rings. The van der Waals surface area contributed by atoms with Crippen LogP contribution in [0.4, 0.5) is 0 Å². The fraction of sp³-hybridized carbons (Fsp3) is 0.667. The maximum Gasteiger partial charge on any atom is 0.333 e. The molecule has 17 heavy (non-hydrogen) atoms. The number of carbonyl (C=O) groups excluding carboxylic acids is 2. The smallest absolute Gasteiger partial charge is 0.333 e. The first-order valence-corrected chi connectivity index (χ1v) is 5.64. The number of carbonyl (C=O) groups is 2. The van der Waals surface area contributed by atoms with E-state index in [0.717, 1.165) is 0 Å². The van der Waals surface area contributed by atoms with Crippen LogP contribution in [0.25, 0.3) is 0 Å². The highest BCUT2D eigenvalue weighted by atomic mass is 16.5. The maximum absolute atomic E-state index is 11.1. The largest absolute Gasteiger partial charge is 0.466 e. The molecule has 0 unspecified atom stereocenters. The average molecular weight is 243 g/mol. The van der Waals surface area contributed by atoms with E-state index in [4.69, 9.17) is 9.47 Å². The van der Waals surface area contributed by atoms with Crippen molar-refractivity contribution in [1.29, 1.82) is 0 Å². The second-order valence-corrected chi connectivity index (χ2v) is 3.77. The van der Waals surface area contributed by atoms with Gasteiger partial charge in [-0.1, -0.05) is 6.58 Å². The lowest BCUT2D eigenvalue weighted by Gasteiger charge is -2.15. The topological polar surface area (TPSA) is 55.8 Å². The predicted molar refractivity (Wildman–Crippen MR) is 64.5 cm³/mol. The van der Waals surface area contributed by atoms with Crippen LogP contribution in [0.15, 0.2) is 12.2 Å². The van der Waals surface area contributed by atoms with Crippen molar-refractivity contribution in [2.45, 2.75) is 20.3 Å². The molecule has 0 aromatic rings. The summed E-state index contributed by atoms with van der Waals surface area (Å²) in [6.45, 7) is 8.73. The lowest BCUT2D eigenvalue weighted by Crippen LogP contribution is -2.27. The highest BCUT2D eigenvalue weighted by Crippen LogP contribution is 1.94. The molecule has 0 rings (SSSR count). The molecule has 0 fully saturated rings. The van der Waals surface area contributed by atoms with Gasteiger partial charge in [-0.3, -0.25) is 4.79 Å². The number of ether oxygens (including phenoxy) is 2. The molecule has 0 aliphatic heterocycles. The van der Waals surface area contributed by atoms with Gasteiger partial charge in [0.2, 0.25) is 0 Å². The zero-order chi connectivity index (χ0) is 13.3. The van der Waals surface area contributed by atoms with Gasteiger partial charge in [-0.05, 0) is 20.9 Å². The first-order valence-electron chi connectivity index (χ1n) is 5.64. The molecule has 0 heterocycles. The van der Waals surface area contributed by atoms with Gasteiger partial charge in [-0.2, -0.15) is 0 Å². The number of likely N-dealkylation sites (N-methyl/N-ethyl adjacent to an activating group) is 1. The molecule has 5 heteroatoms. The lowest BCUT2D eigenvalue weighted by molar-refractivity contribution is -0.144. The fourth-order valence-corrected chi connectivity index (χ4v) is 1.04. The van der Waals surface area contributed by atoms with Crippen LogP contribution in [0.1, 0.15) is 20.3 Å². The molecule has 0 atom stereocenters. The van der Waals surface area contributed by atoms with E-state index < -0.39 is 0 Å². The Kier molecular flexibility index (Phi) is 8.05. The Labute approximate surface area is 102 Å². The number of rotatable bonds is 8. The zero-order valence-electron chi connectivity index (χ0n) is 10.8. The van der Waals surface area contributed by atoms with Gasteiger partial charge in [-0.15, -0.1) is 0 Å². The van der Waals surface area contributed by atoms with E-state index in [0.29, 0.717) is 38.3 Å². The zero-order valence-corrected chi connectivity index (χ0v) is 10.8. The van der Waals surface area contributed by atoms with Crippen LogP contribution in [-0.2, 0) is 19.1 Å². The molecule has 0 saturated carbocycles. The minimum Gasteiger partial charge on any atom is -0.466 e. The Morgan fingerprint density at radius 2 is 1.88 bits per heavy atom. The van der Waals surface area contributed by atoms with E-state index >= 15 is 0 Å². The van der Waals surface area contributed by atoms with Crippen molar-refractivity contribution in [2.75, 3.05) is 33.4 Å². The van der Waals surface area contributed by atoms with E-state index in [2.05, 4.69) is 6.58 Å². The van der Waals surface area contributed by atoms with E-state index in [1.807, 2.05) is 11.9 Å². The Bertz CT molecular complexity index is 276. The highest BCUT2D eigenvalue weighted by molar-refractivity contribution is 5.86. The maximum atomic E-state index is 11.1. The highest BCUT2D eigenvalue weighted by Gasteiger charge is 2.06. The molecule has 0 aromatic heterocycles. The van der Waals surface area contributed by atoms with Gasteiger partial charge in [0, 0.05) is 18.7 Å². The molecular formula is C12H21NO4. The predicted octanol–water partition coefficient (Wildman–Crippen LogP) is 0.991. The van der Waals surface area contributed by atoms with Gasteiger partial charge >= 0.3 is 11.9 Å². The quantitative estimate of drug-likeness (QED) is 0.470. The molecule has 0 aliphatic carbocycles. The van der Waals surface area contributed by atoms with Gasteiger partial charge in [0.05, 0.1) is 13.0 Å². The number of hydrogen-bond acceptors (Lipinski definition) is 5. The Balaban J connectivity index is 3.59. The third kappa shape index (κ3) is 8.45. The van der Waals surface area contributed by atoms with Gasteiger partial charge in [0.25, 0.3) is 0 Å². The molecule has 0 amide bonds. The van der Waals surface area contributed by atoms with Crippen molar-refractivity contribution in [2.24, 2.45) is 0 Å². The molecule has 0 spiro atoms. The van der Waals surface area contributed by atoms with Crippen molar-refractivity contribution in [3.05, 3.63) is 12.2 Å². The van der Waals surface area contributed by atoms with Gasteiger partial charge in [0.15, 0.2) is 0 Å². The molecular weight excluding hydrogens is 222 g/mol. The molecule has 0 saturated heterocycles. The summed E-state index contributed by atoms with van der Waals surface area (Å²) in [5.74, 6) is -0.595. The minimum atomic E-state index is -0.385. The standard InChI is InChI=1S/C12H21NO4/c1-5-16-11(14)6-7-13(4)8-9-17-12(15)10(2)3/h2,5-9H2,1,3-4H3. The summed E-state index contributed by atoms with van der Waals surface area (Å²) in [5, 5.41) is 0. The molecule has 0 radical (unpaired) electrons. The lowest BCUT2D eigenvalue weighted by atomic mass is 10.3. The third-order valence-corrected chi connectivity index (χ3v) is 2.06. The van der Waals surface area contributed by atoms with E-state index in [1.54, 1.807) is 13.8 Å². The SMILES string of the molecule is C=C(C)C(=O)OCCN(C)CCC(=O)OCC. The Morgan fingerprint density at radius 1 is 1.24 bits per heavy atom. The number of nitrogens with zero attached hydrogens (tertiary/aromatic N) is 1. The number of hydrogen-bond donors (Lipinski definition) is 0. The molecule has 0 bridgehead atoms. The van der Waals surface area contributed by atoms with E-state index in [1.165, 1.54) is 0 Å². The van der Waals surface area contributed by atoms with E-state index in [-0.39, 0.29) is 11.9 Å². The van der Waals surface area contributed by atoms with Crippen LogP contribution < -0.4 is 0 Å². The first kappa shape index (κ1) is 15.6. The van der Waals surface area contributed by atoms with Crippen LogP contribution in [0, 0.1) is 0 Å². The van der Waals surface area contributed by atoms with Gasteiger partial charge in [-0.25, -0.2) is 4.79 Å². The summed E-state index contributed by atoms with van der Waals surface area (Å²) in [6.07, 6.45) is 0.346. The molecule has 5 nitrogen and oxygen atoms in total. The van der Waals surface area contributed by atoms with Crippen molar-refractivity contribution in [3.8, 4) is 0 Å². The van der Waals surface area contributed by atoms with Crippen LogP contribution in [0.5, 0.6) is 0 Å². The van der Waals surface area contributed by atoms with Crippen molar-refractivity contribution in [1.82, 2.24) is 4.90 Å². The van der Waals surface area contributed by atoms with Crippen molar-refractivity contribution >= 4 is 11.9 Å². The summed E-state index contributed by atoms with van der Waals surface area (Å²) >= 11 is 0. The summed E-state index contributed by atoms with van der Waals surface area (Å²) in [7, 11) is 1.85. The first-order chi connectivity index (χ1) is 7.97.